The molecule has 3 nitrogen and oxygen atoms in total. The Morgan fingerprint density at radius 1 is 1.69 bits per heavy atom. The number of nitrogens with zero attached hydrogens (tertiary/aromatic N) is 1. The summed E-state index contributed by atoms with van der Waals surface area (Å²) in [7, 11) is 0. The molecule has 2 atom stereocenters. The quantitative estimate of drug-likeness (QED) is 0.757. The average molecular weight is 193 g/mol. The van der Waals surface area contributed by atoms with E-state index in [1.165, 1.54) is 0 Å². The third-order valence-electron chi connectivity index (χ3n) is 1.91. The van der Waals surface area contributed by atoms with Crippen molar-refractivity contribution in [1.29, 1.82) is 0 Å². The number of hydrogen-bond donors (Lipinski definition) is 1. The van der Waals surface area contributed by atoms with Crippen molar-refractivity contribution in [3.05, 3.63) is 30.1 Å². The van der Waals surface area contributed by atoms with Crippen LogP contribution in [-0.2, 0) is 4.79 Å². The molecule has 0 spiro atoms. The third-order valence-corrected chi connectivity index (χ3v) is 3.18. The van der Waals surface area contributed by atoms with Crippen LogP contribution in [-0.4, -0.2) is 23.1 Å². The molecule has 1 saturated heterocycles. The maximum atomic E-state index is 10.4. The molecule has 0 aromatic carbocycles. The predicted octanol–water partition coefficient (Wildman–Crippen LogP) is 0.895. The highest BCUT2D eigenvalue weighted by molar-refractivity contribution is 7.99. The Morgan fingerprint density at radius 2 is 2.62 bits per heavy atom. The van der Waals surface area contributed by atoms with E-state index in [-0.39, 0.29) is 11.4 Å². The molecule has 1 aliphatic heterocycles. The van der Waals surface area contributed by atoms with E-state index in [0.717, 1.165) is 11.3 Å². The van der Waals surface area contributed by atoms with Crippen molar-refractivity contribution in [1.82, 2.24) is 10.3 Å². The van der Waals surface area contributed by atoms with Crippen LogP contribution in [0.25, 0.3) is 0 Å². The van der Waals surface area contributed by atoms with E-state index in [4.69, 9.17) is 0 Å². The minimum atomic E-state index is -0.129. The van der Waals surface area contributed by atoms with Gasteiger partial charge in [0.1, 0.15) is 0 Å². The van der Waals surface area contributed by atoms with Crippen molar-refractivity contribution in [2.45, 2.75) is 11.4 Å². The van der Waals surface area contributed by atoms with E-state index in [2.05, 4.69) is 10.3 Å². The summed E-state index contributed by atoms with van der Waals surface area (Å²) in [4.78, 5) is 14.4. The average Bonchev–Trinajstić information content (AvgIpc) is 2.67. The maximum Gasteiger partial charge on any atom is 0.217 e. The first-order valence-electron chi connectivity index (χ1n) is 4.05. The molecule has 2 rings (SSSR count). The first-order chi connectivity index (χ1) is 6.40. The molecule has 13 heavy (non-hydrogen) atoms. The molecular weight excluding hydrogens is 184 g/mol. The van der Waals surface area contributed by atoms with Crippen LogP contribution < -0.4 is 5.32 Å². The number of pyridine rings is 1. The Labute approximate surface area is 80.9 Å². The van der Waals surface area contributed by atoms with E-state index < -0.39 is 0 Å². The van der Waals surface area contributed by atoms with Gasteiger partial charge in [-0.25, -0.2) is 0 Å². The van der Waals surface area contributed by atoms with Crippen LogP contribution in [0, 0.1) is 0 Å². The molecule has 1 aromatic heterocycles. The van der Waals surface area contributed by atoms with E-state index in [1.54, 1.807) is 18.0 Å². The number of thioether (sulfide) groups is 1. The molecule has 1 aromatic rings. The Kier molecular flexibility index (Phi) is 2.61. The highest BCUT2D eigenvalue weighted by atomic mass is 32.2. The minimum absolute atomic E-state index is 0.129. The number of hydrogen-bond acceptors (Lipinski definition) is 4. The van der Waals surface area contributed by atoms with Crippen molar-refractivity contribution in [3.8, 4) is 0 Å². The number of carbonyl (C=O) groups excluding carboxylic acids is 1. The van der Waals surface area contributed by atoms with E-state index in [1.807, 2.05) is 24.6 Å². The zero-order valence-corrected chi connectivity index (χ0v) is 7.75. The maximum absolute atomic E-state index is 10.4. The van der Waals surface area contributed by atoms with Crippen molar-refractivity contribution < 1.29 is 4.79 Å². The van der Waals surface area contributed by atoms with Crippen molar-refractivity contribution in [3.63, 3.8) is 0 Å². The minimum Gasteiger partial charge on any atom is -0.291 e. The zero-order chi connectivity index (χ0) is 9.10. The smallest absolute Gasteiger partial charge is 0.217 e. The number of nitrogens with one attached hydrogen (secondary N) is 1. The number of aromatic nitrogens is 1. The lowest BCUT2D eigenvalue weighted by Crippen LogP contribution is -2.26. The fraction of sp³-hybridized carbons (Fsp3) is 0.333. The summed E-state index contributed by atoms with van der Waals surface area (Å²) in [5.41, 5.74) is 1.12. The summed E-state index contributed by atoms with van der Waals surface area (Å²) < 4.78 is 0. The lowest BCUT2D eigenvalue weighted by molar-refractivity contribution is 0.530. The monoisotopic (exact) mass is 193 g/mol. The van der Waals surface area contributed by atoms with Crippen molar-refractivity contribution in [2.75, 3.05) is 5.75 Å². The summed E-state index contributed by atoms with van der Waals surface area (Å²) >= 11 is 1.71. The first kappa shape index (κ1) is 8.72. The lowest BCUT2D eigenvalue weighted by Gasteiger charge is -2.08. The predicted molar refractivity (Wildman–Crippen MR) is 52.1 cm³/mol. The van der Waals surface area contributed by atoms with Crippen LogP contribution in [0.4, 0.5) is 0 Å². The first-order valence-corrected chi connectivity index (χ1v) is 5.10. The van der Waals surface area contributed by atoms with Crippen LogP contribution >= 0.6 is 11.8 Å². The fourth-order valence-electron chi connectivity index (χ4n) is 1.26. The topological polar surface area (TPSA) is 42.0 Å². The van der Waals surface area contributed by atoms with Gasteiger partial charge in [0, 0.05) is 18.1 Å². The van der Waals surface area contributed by atoms with Crippen molar-refractivity contribution in [2.24, 2.45) is 0 Å². The fourth-order valence-corrected chi connectivity index (χ4v) is 2.40. The SMILES string of the molecule is O=[C]C1CSC(c2cccnc2)N1. The Hall–Kier alpha value is -0.870. The molecular formula is C9H9N2OS. The molecule has 2 heterocycles. The molecule has 1 aliphatic rings. The molecule has 0 aliphatic carbocycles. The van der Waals surface area contributed by atoms with Crippen LogP contribution in [0.3, 0.4) is 0 Å². The van der Waals surface area contributed by atoms with Gasteiger partial charge >= 0.3 is 0 Å². The Balaban J connectivity index is 2.08. The van der Waals surface area contributed by atoms with Crippen LogP contribution in [0.5, 0.6) is 0 Å². The van der Waals surface area contributed by atoms with Gasteiger partial charge in [-0.05, 0) is 11.6 Å². The standard InChI is InChI=1S/C9H9N2OS/c12-5-8-6-13-9(11-8)7-2-1-3-10-4-7/h1-4,8-9,11H,6H2. The van der Waals surface area contributed by atoms with Gasteiger partial charge < -0.3 is 0 Å². The summed E-state index contributed by atoms with van der Waals surface area (Å²) in [6.45, 7) is 0. The second kappa shape index (κ2) is 3.89. The van der Waals surface area contributed by atoms with Crippen LogP contribution in [0.1, 0.15) is 10.9 Å². The molecule has 1 N–H and O–H groups in total. The highest BCUT2D eigenvalue weighted by Gasteiger charge is 2.25. The van der Waals surface area contributed by atoms with Gasteiger partial charge in [-0.15, -0.1) is 11.8 Å². The molecule has 0 saturated carbocycles. The van der Waals surface area contributed by atoms with Crippen LogP contribution in [0.2, 0.25) is 0 Å². The van der Waals surface area contributed by atoms with Crippen LogP contribution in [0.15, 0.2) is 24.5 Å². The molecule has 0 bridgehead atoms. The van der Waals surface area contributed by atoms with E-state index >= 15 is 0 Å². The molecule has 2 unspecified atom stereocenters. The molecule has 1 fully saturated rings. The molecule has 1 radical (unpaired) electrons. The zero-order valence-electron chi connectivity index (χ0n) is 6.93. The summed E-state index contributed by atoms with van der Waals surface area (Å²) in [5.74, 6) is 0.795. The summed E-state index contributed by atoms with van der Waals surface area (Å²) in [5, 5.41) is 3.35. The molecule has 4 heteroatoms. The van der Waals surface area contributed by atoms with E-state index in [0.29, 0.717) is 0 Å². The summed E-state index contributed by atoms with van der Waals surface area (Å²) in [6, 6.07) is 3.77. The number of rotatable bonds is 2. The van der Waals surface area contributed by atoms with Gasteiger partial charge in [-0.2, -0.15) is 0 Å². The lowest BCUT2D eigenvalue weighted by atomic mass is 10.2. The van der Waals surface area contributed by atoms with Gasteiger partial charge in [-0.3, -0.25) is 15.1 Å². The second-order valence-corrected chi connectivity index (χ2v) is 3.97. The largest absolute Gasteiger partial charge is 0.291 e. The van der Waals surface area contributed by atoms with Gasteiger partial charge in [0.2, 0.25) is 6.29 Å². The van der Waals surface area contributed by atoms with Gasteiger partial charge in [0.25, 0.3) is 0 Å². The van der Waals surface area contributed by atoms with Gasteiger partial charge in [-0.1, -0.05) is 6.07 Å². The van der Waals surface area contributed by atoms with Gasteiger partial charge in [0.15, 0.2) is 0 Å². The molecule has 67 valence electrons. The second-order valence-electron chi connectivity index (χ2n) is 2.84. The third kappa shape index (κ3) is 1.89. The summed E-state index contributed by atoms with van der Waals surface area (Å²) in [6.07, 6.45) is 5.52. The Morgan fingerprint density at radius 3 is 3.23 bits per heavy atom. The molecule has 0 amide bonds. The van der Waals surface area contributed by atoms with E-state index in [9.17, 15) is 4.79 Å². The van der Waals surface area contributed by atoms with Gasteiger partial charge in [0.05, 0.1) is 11.4 Å². The normalized spacial score (nSPS) is 27.4. The highest BCUT2D eigenvalue weighted by Crippen LogP contribution is 2.31. The van der Waals surface area contributed by atoms with Crippen molar-refractivity contribution >= 4 is 18.0 Å². The Bertz CT molecular complexity index is 291.